The molecule has 0 bridgehead atoms. The minimum absolute atomic E-state index is 0.0954. The Kier molecular flexibility index (Phi) is 3.65. The number of nitrogens with one attached hydrogen (secondary N) is 1. The number of aromatic nitrogens is 2. The number of benzene rings is 1. The lowest BCUT2D eigenvalue weighted by Crippen LogP contribution is -2.37. The van der Waals surface area contributed by atoms with Gasteiger partial charge in [-0.1, -0.05) is 24.3 Å². The van der Waals surface area contributed by atoms with E-state index in [1.165, 1.54) is 11.1 Å². The summed E-state index contributed by atoms with van der Waals surface area (Å²) in [6, 6.07) is 10.4. The summed E-state index contributed by atoms with van der Waals surface area (Å²) < 4.78 is 7.58. The van der Waals surface area contributed by atoms with Crippen LogP contribution in [0.25, 0.3) is 0 Å². The maximum atomic E-state index is 12.6. The van der Waals surface area contributed by atoms with Crippen molar-refractivity contribution < 1.29 is 9.53 Å². The third-order valence-electron chi connectivity index (χ3n) is 5.06. The van der Waals surface area contributed by atoms with Gasteiger partial charge in [0.05, 0.1) is 11.6 Å². The van der Waals surface area contributed by atoms with Crippen LogP contribution in [-0.2, 0) is 23.0 Å². The summed E-state index contributed by atoms with van der Waals surface area (Å²) in [4.78, 5) is 12.6. The van der Waals surface area contributed by atoms with Crippen molar-refractivity contribution in [1.82, 2.24) is 15.1 Å². The Morgan fingerprint density at radius 3 is 3.04 bits per heavy atom. The first-order valence-corrected chi connectivity index (χ1v) is 8.19. The number of ether oxygens (including phenoxy) is 1. The molecule has 1 aliphatic heterocycles. The average molecular weight is 311 g/mol. The lowest BCUT2D eigenvalue weighted by Gasteiger charge is -2.30. The normalized spacial score (nSPS) is 25.7. The van der Waals surface area contributed by atoms with Gasteiger partial charge in [0.25, 0.3) is 0 Å². The van der Waals surface area contributed by atoms with Crippen LogP contribution in [0.3, 0.4) is 0 Å². The molecule has 4 rings (SSSR count). The molecule has 1 fully saturated rings. The SMILES string of the molecule is Cn1nccc1[C@@H]1OCC[C@H]1C(=O)NC[C@@H]1Cc2ccccc21. The maximum Gasteiger partial charge on any atom is 0.226 e. The topological polar surface area (TPSA) is 56.2 Å². The Balaban J connectivity index is 1.39. The minimum Gasteiger partial charge on any atom is -0.371 e. The van der Waals surface area contributed by atoms with Gasteiger partial charge in [0, 0.05) is 32.3 Å². The van der Waals surface area contributed by atoms with Crippen LogP contribution in [0, 0.1) is 5.92 Å². The summed E-state index contributed by atoms with van der Waals surface area (Å²) in [5, 5.41) is 7.31. The average Bonchev–Trinajstić information content (AvgIpc) is 3.16. The molecule has 0 spiro atoms. The molecule has 0 radical (unpaired) electrons. The predicted molar refractivity (Wildman–Crippen MR) is 85.9 cm³/mol. The van der Waals surface area contributed by atoms with Gasteiger partial charge in [0.1, 0.15) is 6.10 Å². The first-order chi connectivity index (χ1) is 11.2. The molecule has 0 saturated carbocycles. The van der Waals surface area contributed by atoms with Gasteiger partial charge in [-0.2, -0.15) is 5.10 Å². The number of hydrogen-bond donors (Lipinski definition) is 1. The highest BCUT2D eigenvalue weighted by Crippen LogP contribution is 2.36. The minimum atomic E-state index is -0.184. The first kappa shape index (κ1) is 14.5. The molecular weight excluding hydrogens is 290 g/mol. The van der Waals surface area contributed by atoms with E-state index in [1.54, 1.807) is 10.9 Å². The largest absolute Gasteiger partial charge is 0.371 e. The number of rotatable bonds is 4. The third-order valence-corrected chi connectivity index (χ3v) is 5.06. The van der Waals surface area contributed by atoms with Crippen molar-refractivity contribution in [3.63, 3.8) is 0 Å². The Morgan fingerprint density at radius 1 is 1.39 bits per heavy atom. The predicted octanol–water partition coefficient (Wildman–Crippen LogP) is 1.95. The number of nitrogens with zero attached hydrogens (tertiary/aromatic N) is 2. The molecule has 3 atom stereocenters. The van der Waals surface area contributed by atoms with Crippen LogP contribution in [0.4, 0.5) is 0 Å². The van der Waals surface area contributed by atoms with Gasteiger partial charge < -0.3 is 10.1 Å². The third kappa shape index (κ3) is 2.55. The number of carbonyl (C=O) groups is 1. The van der Waals surface area contributed by atoms with Crippen LogP contribution in [0.2, 0.25) is 0 Å². The summed E-state index contributed by atoms with van der Waals surface area (Å²) in [5.74, 6) is 0.423. The van der Waals surface area contributed by atoms with Gasteiger partial charge in [0.15, 0.2) is 0 Å². The molecule has 1 N–H and O–H groups in total. The van der Waals surface area contributed by atoms with Gasteiger partial charge >= 0.3 is 0 Å². The lowest BCUT2D eigenvalue weighted by atomic mass is 9.77. The fourth-order valence-electron chi connectivity index (χ4n) is 3.71. The van der Waals surface area contributed by atoms with E-state index in [0.717, 1.165) is 18.5 Å². The zero-order valence-electron chi connectivity index (χ0n) is 13.2. The van der Waals surface area contributed by atoms with Crippen molar-refractivity contribution in [2.75, 3.05) is 13.2 Å². The van der Waals surface area contributed by atoms with Gasteiger partial charge in [0.2, 0.25) is 5.91 Å². The van der Waals surface area contributed by atoms with E-state index in [-0.39, 0.29) is 17.9 Å². The first-order valence-electron chi connectivity index (χ1n) is 8.19. The number of carbonyl (C=O) groups excluding carboxylic acids is 1. The second kappa shape index (κ2) is 5.81. The van der Waals surface area contributed by atoms with E-state index < -0.39 is 0 Å². The molecule has 5 heteroatoms. The van der Waals surface area contributed by atoms with Crippen LogP contribution in [-0.4, -0.2) is 28.8 Å². The second-order valence-corrected chi connectivity index (χ2v) is 6.41. The molecule has 1 saturated heterocycles. The van der Waals surface area contributed by atoms with Crippen molar-refractivity contribution in [3.05, 3.63) is 53.3 Å². The molecule has 0 unspecified atom stereocenters. The maximum absolute atomic E-state index is 12.6. The lowest BCUT2D eigenvalue weighted by molar-refractivity contribution is -0.127. The molecule has 1 aliphatic carbocycles. The van der Waals surface area contributed by atoms with Gasteiger partial charge in [-0.3, -0.25) is 9.48 Å². The van der Waals surface area contributed by atoms with Crippen LogP contribution < -0.4 is 5.32 Å². The number of hydrogen-bond acceptors (Lipinski definition) is 3. The van der Waals surface area contributed by atoms with Crippen LogP contribution in [0.1, 0.15) is 35.3 Å². The zero-order chi connectivity index (χ0) is 15.8. The Labute approximate surface area is 135 Å². The Bertz CT molecular complexity index is 725. The van der Waals surface area contributed by atoms with Crippen LogP contribution in [0.15, 0.2) is 36.5 Å². The van der Waals surface area contributed by atoms with E-state index in [2.05, 4.69) is 34.7 Å². The monoisotopic (exact) mass is 311 g/mol. The number of aryl methyl sites for hydroxylation is 1. The van der Waals surface area contributed by atoms with Gasteiger partial charge in [-0.05, 0) is 30.0 Å². The van der Waals surface area contributed by atoms with E-state index in [9.17, 15) is 4.79 Å². The van der Waals surface area contributed by atoms with Crippen molar-refractivity contribution in [2.45, 2.75) is 24.9 Å². The molecular formula is C18H21N3O2. The zero-order valence-corrected chi connectivity index (χ0v) is 13.2. The molecule has 1 aromatic carbocycles. The quantitative estimate of drug-likeness (QED) is 0.939. The molecule has 2 aromatic rings. The van der Waals surface area contributed by atoms with Crippen molar-refractivity contribution in [2.24, 2.45) is 13.0 Å². The Morgan fingerprint density at radius 2 is 2.26 bits per heavy atom. The molecule has 23 heavy (non-hydrogen) atoms. The van der Waals surface area contributed by atoms with Gasteiger partial charge in [-0.25, -0.2) is 0 Å². The molecule has 2 aliphatic rings. The highest BCUT2D eigenvalue weighted by Gasteiger charge is 2.37. The summed E-state index contributed by atoms with van der Waals surface area (Å²) in [6.45, 7) is 1.34. The van der Waals surface area contributed by atoms with Crippen molar-refractivity contribution in [3.8, 4) is 0 Å². The number of amides is 1. The van der Waals surface area contributed by atoms with E-state index in [0.29, 0.717) is 19.1 Å². The highest BCUT2D eigenvalue weighted by molar-refractivity contribution is 5.79. The van der Waals surface area contributed by atoms with E-state index in [4.69, 9.17) is 4.74 Å². The molecule has 120 valence electrons. The van der Waals surface area contributed by atoms with Gasteiger partial charge in [-0.15, -0.1) is 0 Å². The Hall–Kier alpha value is -2.14. The van der Waals surface area contributed by atoms with E-state index >= 15 is 0 Å². The summed E-state index contributed by atoms with van der Waals surface area (Å²) in [5.41, 5.74) is 3.75. The molecule has 1 amide bonds. The fourth-order valence-corrected chi connectivity index (χ4v) is 3.71. The summed E-state index contributed by atoms with van der Waals surface area (Å²) in [7, 11) is 1.89. The molecule has 1 aromatic heterocycles. The summed E-state index contributed by atoms with van der Waals surface area (Å²) >= 11 is 0. The highest BCUT2D eigenvalue weighted by atomic mass is 16.5. The van der Waals surface area contributed by atoms with E-state index in [1.807, 2.05) is 13.1 Å². The summed E-state index contributed by atoms with van der Waals surface area (Å²) in [6.07, 6.45) is 3.39. The smallest absolute Gasteiger partial charge is 0.226 e. The number of fused-ring (bicyclic) bond motifs is 1. The van der Waals surface area contributed by atoms with Crippen molar-refractivity contribution >= 4 is 5.91 Å². The molecule has 5 nitrogen and oxygen atoms in total. The second-order valence-electron chi connectivity index (χ2n) is 6.41. The fraction of sp³-hybridized carbons (Fsp3) is 0.444. The van der Waals surface area contributed by atoms with Crippen LogP contribution >= 0.6 is 0 Å². The van der Waals surface area contributed by atoms with Crippen LogP contribution in [0.5, 0.6) is 0 Å². The van der Waals surface area contributed by atoms with Crippen molar-refractivity contribution in [1.29, 1.82) is 0 Å². The standard InChI is InChI=1S/C18H21N3O2/c1-21-16(6-8-20-21)17-15(7-9-23-17)18(22)19-11-13-10-12-4-2-3-5-14(12)13/h2-6,8,13,15,17H,7,9-11H2,1H3,(H,19,22)/t13-,15+,17+/m0/s1. The molecule has 2 heterocycles.